The SMILES string of the molecule is CC(C)(C)[Si](C)(C)OCC(=O)NNc1nc(N)nc(Cl)c1Br. The van der Waals surface area contributed by atoms with E-state index < -0.39 is 8.32 Å². The number of rotatable bonds is 5. The predicted molar refractivity (Wildman–Crippen MR) is 94.1 cm³/mol. The Kier molecular flexibility index (Phi) is 6.19. The lowest BCUT2D eigenvalue weighted by molar-refractivity contribution is -0.122. The number of hydrogen-bond acceptors (Lipinski definition) is 6. The van der Waals surface area contributed by atoms with Gasteiger partial charge >= 0.3 is 0 Å². The van der Waals surface area contributed by atoms with Crippen molar-refractivity contribution in [2.45, 2.75) is 38.9 Å². The largest absolute Gasteiger partial charge is 0.407 e. The van der Waals surface area contributed by atoms with Gasteiger partial charge in [-0.2, -0.15) is 9.97 Å². The minimum absolute atomic E-state index is 0.00229. The number of carbonyl (C=O) groups excluding carboxylic acids is 1. The van der Waals surface area contributed by atoms with E-state index in [0.717, 1.165) is 0 Å². The molecule has 0 atom stereocenters. The van der Waals surface area contributed by atoms with Gasteiger partial charge in [-0.1, -0.05) is 32.4 Å². The van der Waals surface area contributed by atoms with Gasteiger partial charge in [0.05, 0.1) is 4.47 Å². The molecule has 0 spiro atoms. The van der Waals surface area contributed by atoms with Crippen LogP contribution in [0.4, 0.5) is 11.8 Å². The van der Waals surface area contributed by atoms with Crippen LogP contribution >= 0.6 is 27.5 Å². The number of nitrogens with one attached hydrogen (secondary N) is 2. The maximum absolute atomic E-state index is 11.9. The molecule has 10 heteroatoms. The number of nitrogens with zero attached hydrogens (tertiary/aromatic N) is 2. The lowest BCUT2D eigenvalue weighted by Crippen LogP contribution is -2.44. The monoisotopic (exact) mass is 409 g/mol. The van der Waals surface area contributed by atoms with Gasteiger partial charge in [-0.05, 0) is 34.1 Å². The summed E-state index contributed by atoms with van der Waals surface area (Å²) in [4.78, 5) is 19.6. The first-order valence-electron chi connectivity index (χ1n) is 6.61. The normalized spacial score (nSPS) is 12.1. The second kappa shape index (κ2) is 7.11. The fourth-order valence-corrected chi connectivity index (χ4v) is 2.52. The summed E-state index contributed by atoms with van der Waals surface area (Å²) < 4.78 is 6.22. The van der Waals surface area contributed by atoms with Crippen molar-refractivity contribution in [3.63, 3.8) is 0 Å². The first-order valence-corrected chi connectivity index (χ1v) is 10.7. The Morgan fingerprint density at radius 2 is 2.00 bits per heavy atom. The Morgan fingerprint density at radius 1 is 1.41 bits per heavy atom. The summed E-state index contributed by atoms with van der Waals surface area (Å²) in [5, 5.41) is 0.194. The molecule has 1 heterocycles. The number of nitrogens with two attached hydrogens (primary N) is 1. The Labute approximate surface area is 144 Å². The van der Waals surface area contributed by atoms with Crippen molar-refractivity contribution in [1.82, 2.24) is 15.4 Å². The third kappa shape index (κ3) is 5.08. The molecule has 124 valence electrons. The Balaban J connectivity index is 2.58. The van der Waals surface area contributed by atoms with Crippen LogP contribution in [0.25, 0.3) is 0 Å². The lowest BCUT2D eigenvalue weighted by atomic mass is 10.2. The average molecular weight is 411 g/mol. The fraction of sp³-hybridized carbons (Fsp3) is 0.583. The molecule has 1 rings (SSSR count). The van der Waals surface area contributed by atoms with Crippen LogP contribution in [0.15, 0.2) is 4.47 Å². The molecular weight excluding hydrogens is 390 g/mol. The predicted octanol–water partition coefficient (Wildman–Crippen LogP) is 2.94. The minimum atomic E-state index is -1.97. The number of halogens is 2. The maximum Gasteiger partial charge on any atom is 0.263 e. The first kappa shape index (κ1) is 19.1. The zero-order valence-electron chi connectivity index (χ0n) is 13.3. The quantitative estimate of drug-likeness (QED) is 0.392. The second-order valence-electron chi connectivity index (χ2n) is 6.26. The van der Waals surface area contributed by atoms with Gasteiger partial charge in [0.25, 0.3) is 5.91 Å². The number of aromatic nitrogens is 2. The Hall–Kier alpha value is -0.903. The van der Waals surface area contributed by atoms with Crippen molar-refractivity contribution >= 4 is 53.5 Å². The number of carbonyl (C=O) groups is 1. The third-order valence-corrected chi connectivity index (χ3v) is 9.25. The van der Waals surface area contributed by atoms with E-state index in [1.54, 1.807) is 0 Å². The first-order chi connectivity index (χ1) is 9.94. The molecule has 0 aromatic carbocycles. The van der Waals surface area contributed by atoms with E-state index in [9.17, 15) is 4.79 Å². The van der Waals surface area contributed by atoms with Crippen LogP contribution < -0.4 is 16.6 Å². The topological polar surface area (TPSA) is 102 Å². The molecule has 0 bridgehead atoms. The van der Waals surface area contributed by atoms with Crippen LogP contribution in [0.1, 0.15) is 20.8 Å². The van der Waals surface area contributed by atoms with Crippen LogP contribution in [0.2, 0.25) is 23.3 Å². The molecule has 0 unspecified atom stereocenters. The Bertz CT molecular complexity index is 565. The summed E-state index contributed by atoms with van der Waals surface area (Å²) >= 11 is 9.07. The van der Waals surface area contributed by atoms with E-state index in [4.69, 9.17) is 21.8 Å². The lowest BCUT2D eigenvalue weighted by Gasteiger charge is -2.35. The zero-order valence-corrected chi connectivity index (χ0v) is 16.6. The van der Waals surface area contributed by atoms with Crippen LogP contribution in [0, 0.1) is 0 Å². The molecule has 1 amide bonds. The van der Waals surface area contributed by atoms with Crippen LogP contribution in [0.3, 0.4) is 0 Å². The molecule has 0 saturated heterocycles. The van der Waals surface area contributed by atoms with Gasteiger partial charge in [0.15, 0.2) is 19.3 Å². The highest BCUT2D eigenvalue weighted by Gasteiger charge is 2.37. The van der Waals surface area contributed by atoms with E-state index in [1.807, 2.05) is 0 Å². The molecule has 0 aliphatic rings. The number of hydrogen-bond donors (Lipinski definition) is 3. The van der Waals surface area contributed by atoms with E-state index in [-0.39, 0.29) is 34.5 Å². The van der Waals surface area contributed by atoms with Crippen molar-refractivity contribution in [2.24, 2.45) is 0 Å². The van der Waals surface area contributed by atoms with Crippen LogP contribution in [0.5, 0.6) is 0 Å². The summed E-state index contributed by atoms with van der Waals surface area (Å²) in [6, 6.07) is 0. The summed E-state index contributed by atoms with van der Waals surface area (Å²) in [5.41, 5.74) is 10.6. The summed E-state index contributed by atoms with van der Waals surface area (Å²) in [7, 11) is -1.97. The van der Waals surface area contributed by atoms with Gasteiger partial charge in [-0.25, -0.2) is 0 Å². The van der Waals surface area contributed by atoms with Crippen molar-refractivity contribution in [3.8, 4) is 0 Å². The van der Waals surface area contributed by atoms with Gasteiger partial charge in [-0.3, -0.25) is 15.6 Å². The van der Waals surface area contributed by atoms with Gasteiger partial charge in [0, 0.05) is 0 Å². The molecule has 1 aromatic heterocycles. The molecule has 7 nitrogen and oxygen atoms in total. The molecule has 4 N–H and O–H groups in total. The molecule has 0 radical (unpaired) electrons. The minimum Gasteiger partial charge on any atom is -0.407 e. The maximum atomic E-state index is 11.9. The van der Waals surface area contributed by atoms with Crippen molar-refractivity contribution in [2.75, 3.05) is 17.8 Å². The van der Waals surface area contributed by atoms with Crippen molar-refractivity contribution in [3.05, 3.63) is 9.63 Å². The van der Waals surface area contributed by atoms with E-state index in [0.29, 0.717) is 4.47 Å². The van der Waals surface area contributed by atoms with Crippen molar-refractivity contribution in [1.29, 1.82) is 0 Å². The number of amides is 1. The van der Waals surface area contributed by atoms with E-state index >= 15 is 0 Å². The summed E-state index contributed by atoms with van der Waals surface area (Å²) in [6.07, 6.45) is 0. The molecule has 22 heavy (non-hydrogen) atoms. The number of anilines is 2. The van der Waals surface area contributed by atoms with Gasteiger partial charge in [0.2, 0.25) is 5.95 Å². The second-order valence-corrected chi connectivity index (χ2v) is 12.2. The highest BCUT2D eigenvalue weighted by molar-refractivity contribution is 9.10. The summed E-state index contributed by atoms with van der Waals surface area (Å²) in [5.74, 6) is -0.0364. The average Bonchev–Trinajstić information content (AvgIpc) is 2.37. The Morgan fingerprint density at radius 3 is 2.55 bits per heavy atom. The number of nitrogen functional groups attached to an aromatic ring is 1. The van der Waals surface area contributed by atoms with Gasteiger partial charge in [0.1, 0.15) is 6.61 Å². The van der Waals surface area contributed by atoms with Gasteiger partial charge in [-0.15, -0.1) is 0 Å². The highest BCUT2D eigenvalue weighted by atomic mass is 79.9. The van der Waals surface area contributed by atoms with Crippen LogP contribution in [-0.2, 0) is 9.22 Å². The molecule has 0 aliphatic carbocycles. The molecule has 1 aromatic rings. The van der Waals surface area contributed by atoms with Crippen molar-refractivity contribution < 1.29 is 9.22 Å². The van der Waals surface area contributed by atoms with E-state index in [1.165, 1.54) is 0 Å². The smallest absolute Gasteiger partial charge is 0.263 e. The summed E-state index contributed by atoms with van der Waals surface area (Å²) in [6.45, 7) is 10.5. The van der Waals surface area contributed by atoms with Gasteiger partial charge < -0.3 is 10.2 Å². The zero-order chi connectivity index (χ0) is 17.1. The highest BCUT2D eigenvalue weighted by Crippen LogP contribution is 2.36. The number of hydrazine groups is 1. The van der Waals surface area contributed by atoms with E-state index in [2.05, 4.69) is 70.6 Å². The standard InChI is InChI=1S/C12H21BrClN5O2Si/c1-12(2,3)22(4,5)21-6-7(20)18-19-10-8(13)9(14)16-11(15)17-10/h6H2,1-5H3,(H,18,20)(H3,15,16,17,19). The fourth-order valence-electron chi connectivity index (χ4n) is 1.15. The molecular formula is C12H21BrClN5O2Si. The molecule has 0 saturated carbocycles. The van der Waals surface area contributed by atoms with Crippen LogP contribution in [-0.4, -0.2) is 30.8 Å². The third-order valence-electron chi connectivity index (χ3n) is 3.52. The molecule has 0 aliphatic heterocycles. The molecule has 0 fully saturated rings.